The highest BCUT2D eigenvalue weighted by molar-refractivity contribution is 6.02. The molecule has 0 saturated carbocycles. The Hall–Kier alpha value is -3.75. The summed E-state index contributed by atoms with van der Waals surface area (Å²) in [7, 11) is 0. The van der Waals surface area contributed by atoms with Crippen LogP contribution < -0.4 is 4.90 Å². The minimum absolute atomic E-state index is 0.0341. The summed E-state index contributed by atoms with van der Waals surface area (Å²) in [5.74, 6) is -0.165. The first-order chi connectivity index (χ1) is 15.5. The number of nitrogens with zero attached hydrogens (tertiary/aromatic N) is 5. The van der Waals surface area contributed by atoms with E-state index in [0.29, 0.717) is 39.1 Å². The average Bonchev–Trinajstić information content (AvgIpc) is 3.34. The molecule has 2 aromatic rings. The van der Waals surface area contributed by atoms with Crippen LogP contribution >= 0.6 is 0 Å². The molecule has 0 spiro atoms. The Balaban J connectivity index is 1.23. The van der Waals surface area contributed by atoms with Crippen LogP contribution in [0, 0.1) is 10.1 Å². The quantitative estimate of drug-likeness (QED) is 0.513. The summed E-state index contributed by atoms with van der Waals surface area (Å²) in [6.45, 7) is 2.96. The number of carbonyl (C=O) groups is 2. The van der Waals surface area contributed by atoms with Gasteiger partial charge in [-0.15, -0.1) is 0 Å². The van der Waals surface area contributed by atoms with Crippen LogP contribution in [0.4, 0.5) is 11.4 Å². The highest BCUT2D eigenvalue weighted by Crippen LogP contribution is 2.21. The van der Waals surface area contributed by atoms with Crippen molar-refractivity contribution in [1.29, 1.82) is 0 Å². The molecule has 9 nitrogen and oxygen atoms in total. The van der Waals surface area contributed by atoms with E-state index >= 15 is 0 Å². The number of benzene rings is 2. The molecule has 2 aliphatic heterocycles. The lowest BCUT2D eigenvalue weighted by Crippen LogP contribution is -2.48. The van der Waals surface area contributed by atoms with Crippen LogP contribution in [0.5, 0.6) is 0 Å². The average molecular weight is 435 g/mol. The first kappa shape index (κ1) is 21.5. The number of carbonyl (C=O) groups excluding carboxylic acids is 2. The maximum Gasteiger partial charge on any atom is 0.269 e. The van der Waals surface area contributed by atoms with E-state index in [1.807, 2.05) is 30.3 Å². The third-order valence-corrected chi connectivity index (χ3v) is 5.81. The summed E-state index contributed by atoms with van der Waals surface area (Å²) in [6, 6.07) is 16.2. The Labute approximate surface area is 186 Å². The van der Waals surface area contributed by atoms with E-state index < -0.39 is 4.92 Å². The fourth-order valence-corrected chi connectivity index (χ4v) is 3.97. The molecule has 32 heavy (non-hydrogen) atoms. The fraction of sp³-hybridized carbons (Fsp3) is 0.348. The third kappa shape index (κ3) is 4.93. The summed E-state index contributed by atoms with van der Waals surface area (Å²) in [5, 5.41) is 16.7. The number of non-ortho nitro benzene ring substituents is 1. The van der Waals surface area contributed by atoms with Crippen LogP contribution in [0.15, 0.2) is 59.7 Å². The molecule has 0 atom stereocenters. The molecule has 2 amide bonds. The minimum atomic E-state index is -0.419. The number of anilines is 1. The van der Waals surface area contributed by atoms with Crippen LogP contribution in [-0.4, -0.2) is 65.1 Å². The predicted molar refractivity (Wildman–Crippen MR) is 120 cm³/mol. The van der Waals surface area contributed by atoms with Gasteiger partial charge in [0.1, 0.15) is 0 Å². The summed E-state index contributed by atoms with van der Waals surface area (Å²) in [5.41, 5.74) is 2.88. The van der Waals surface area contributed by atoms with Crippen LogP contribution in [0.25, 0.3) is 0 Å². The van der Waals surface area contributed by atoms with Crippen molar-refractivity contribution in [3.8, 4) is 0 Å². The summed E-state index contributed by atoms with van der Waals surface area (Å²) in [6.07, 6.45) is 1.03. The van der Waals surface area contributed by atoms with Crippen molar-refractivity contribution in [3.05, 3.63) is 70.3 Å². The third-order valence-electron chi connectivity index (χ3n) is 5.81. The van der Waals surface area contributed by atoms with Crippen molar-refractivity contribution < 1.29 is 14.5 Å². The first-order valence-electron chi connectivity index (χ1n) is 10.7. The van der Waals surface area contributed by atoms with E-state index in [1.54, 1.807) is 17.0 Å². The predicted octanol–water partition coefficient (Wildman–Crippen LogP) is 2.66. The lowest BCUT2D eigenvalue weighted by atomic mass is 10.1. The van der Waals surface area contributed by atoms with Gasteiger partial charge < -0.3 is 9.80 Å². The number of hydrogen-bond acceptors (Lipinski definition) is 6. The van der Waals surface area contributed by atoms with E-state index in [2.05, 4.69) is 10.0 Å². The fourth-order valence-electron chi connectivity index (χ4n) is 3.97. The molecule has 2 aromatic carbocycles. The van der Waals surface area contributed by atoms with E-state index in [-0.39, 0.29) is 30.3 Å². The number of amides is 2. The van der Waals surface area contributed by atoms with Crippen LogP contribution in [0.3, 0.4) is 0 Å². The Morgan fingerprint density at radius 3 is 2.19 bits per heavy atom. The van der Waals surface area contributed by atoms with Crippen molar-refractivity contribution in [2.45, 2.75) is 19.3 Å². The number of nitro benzene ring substituents is 1. The normalized spacial score (nSPS) is 16.1. The van der Waals surface area contributed by atoms with Crippen molar-refractivity contribution in [2.24, 2.45) is 5.10 Å². The van der Waals surface area contributed by atoms with Gasteiger partial charge in [0.05, 0.1) is 17.2 Å². The van der Waals surface area contributed by atoms with Gasteiger partial charge in [-0.05, 0) is 17.7 Å². The standard InChI is InChI=1S/C23H25N5O4/c29-22(10-11-23(30)27-13-12-21(24-27)18-4-2-1-3-5-18)26-16-14-25(15-17-26)19-6-8-20(9-7-19)28(31)32/h1-9H,10-17H2. The topological polar surface area (TPSA) is 99.4 Å². The highest BCUT2D eigenvalue weighted by atomic mass is 16.6. The number of nitro groups is 1. The number of piperazine rings is 1. The SMILES string of the molecule is O=C(CCC(=O)N1CCC(c2ccccc2)=N1)N1CCN(c2ccc([N+](=O)[O-])cc2)CC1. The van der Waals surface area contributed by atoms with Gasteiger partial charge in [0.25, 0.3) is 5.69 Å². The maximum absolute atomic E-state index is 12.6. The second kappa shape index (κ2) is 9.59. The number of rotatable bonds is 6. The molecular weight excluding hydrogens is 410 g/mol. The lowest BCUT2D eigenvalue weighted by Gasteiger charge is -2.36. The van der Waals surface area contributed by atoms with E-state index in [9.17, 15) is 19.7 Å². The van der Waals surface area contributed by atoms with Crippen molar-refractivity contribution in [2.75, 3.05) is 37.6 Å². The first-order valence-corrected chi connectivity index (χ1v) is 10.7. The summed E-state index contributed by atoms with van der Waals surface area (Å²) >= 11 is 0. The van der Waals surface area contributed by atoms with Gasteiger partial charge in [-0.25, -0.2) is 5.01 Å². The number of hydrazone groups is 1. The summed E-state index contributed by atoms with van der Waals surface area (Å²) < 4.78 is 0. The second-order valence-corrected chi connectivity index (χ2v) is 7.82. The monoisotopic (exact) mass is 435 g/mol. The van der Waals surface area contributed by atoms with E-state index in [4.69, 9.17) is 0 Å². The van der Waals surface area contributed by atoms with Gasteiger partial charge in [-0.1, -0.05) is 30.3 Å². The molecule has 9 heteroatoms. The van der Waals surface area contributed by atoms with Gasteiger partial charge in [-0.2, -0.15) is 5.10 Å². The molecule has 0 N–H and O–H groups in total. The van der Waals surface area contributed by atoms with E-state index in [0.717, 1.165) is 17.0 Å². The molecule has 0 aromatic heterocycles. The Morgan fingerprint density at radius 1 is 0.875 bits per heavy atom. The molecule has 0 unspecified atom stereocenters. The van der Waals surface area contributed by atoms with Crippen LogP contribution in [0.2, 0.25) is 0 Å². The molecule has 0 bridgehead atoms. The van der Waals surface area contributed by atoms with Crippen molar-refractivity contribution in [3.63, 3.8) is 0 Å². The molecule has 2 heterocycles. The van der Waals surface area contributed by atoms with Crippen molar-refractivity contribution in [1.82, 2.24) is 9.91 Å². The van der Waals surface area contributed by atoms with Gasteiger partial charge >= 0.3 is 0 Å². The Morgan fingerprint density at radius 2 is 1.53 bits per heavy atom. The second-order valence-electron chi connectivity index (χ2n) is 7.82. The van der Waals surface area contributed by atoms with Crippen LogP contribution in [-0.2, 0) is 9.59 Å². The van der Waals surface area contributed by atoms with Gasteiger partial charge in [0.2, 0.25) is 11.8 Å². The zero-order valence-corrected chi connectivity index (χ0v) is 17.7. The molecule has 0 aliphatic carbocycles. The largest absolute Gasteiger partial charge is 0.368 e. The zero-order chi connectivity index (χ0) is 22.5. The Kier molecular flexibility index (Phi) is 6.44. The summed E-state index contributed by atoms with van der Waals surface area (Å²) in [4.78, 5) is 39.4. The molecule has 0 radical (unpaired) electrons. The smallest absolute Gasteiger partial charge is 0.269 e. The molecule has 166 valence electrons. The van der Waals surface area contributed by atoms with Crippen LogP contribution in [0.1, 0.15) is 24.8 Å². The molecule has 4 rings (SSSR count). The van der Waals surface area contributed by atoms with Crippen molar-refractivity contribution >= 4 is 28.9 Å². The molecule has 2 aliphatic rings. The van der Waals surface area contributed by atoms with Gasteiger partial charge in [0.15, 0.2) is 0 Å². The maximum atomic E-state index is 12.6. The molecule has 1 fully saturated rings. The van der Waals surface area contributed by atoms with Gasteiger partial charge in [-0.3, -0.25) is 19.7 Å². The zero-order valence-electron chi connectivity index (χ0n) is 17.7. The van der Waals surface area contributed by atoms with Gasteiger partial charge in [0, 0.05) is 63.3 Å². The minimum Gasteiger partial charge on any atom is -0.368 e. The lowest BCUT2D eigenvalue weighted by molar-refractivity contribution is -0.384. The number of hydrogen-bond donors (Lipinski definition) is 0. The molecule has 1 saturated heterocycles. The Bertz CT molecular complexity index is 1010. The molecular formula is C23H25N5O4. The highest BCUT2D eigenvalue weighted by Gasteiger charge is 2.25. The van der Waals surface area contributed by atoms with E-state index in [1.165, 1.54) is 17.1 Å².